The second-order valence-electron chi connectivity index (χ2n) is 2.92. The molecule has 0 radical (unpaired) electrons. The van der Waals surface area contributed by atoms with Gasteiger partial charge in [0.2, 0.25) is 0 Å². The third-order valence-electron chi connectivity index (χ3n) is 1.75. The Hall–Kier alpha value is -0.860. The van der Waals surface area contributed by atoms with Crippen LogP contribution in [0.5, 0.6) is 0 Å². The first kappa shape index (κ1) is 12.6. The van der Waals surface area contributed by atoms with Crippen molar-refractivity contribution in [2.45, 2.75) is 21.4 Å². The normalized spacial score (nSPS) is 10.5. The van der Waals surface area contributed by atoms with Crippen molar-refractivity contribution in [3.05, 3.63) is 11.6 Å². The smallest absolute Gasteiger partial charge is 0.190 e. The molecule has 90 valence electrons. The van der Waals surface area contributed by atoms with Gasteiger partial charge in [0.05, 0.1) is 0 Å². The highest BCUT2D eigenvalue weighted by atomic mass is 32.2. The maximum Gasteiger partial charge on any atom is 0.190 e. The summed E-state index contributed by atoms with van der Waals surface area (Å²) >= 11 is 4.54. The minimum Gasteiger partial charge on any atom is -0.370 e. The average Bonchev–Trinajstić information content (AvgIpc) is 2.82. The third-order valence-corrected chi connectivity index (χ3v) is 4.00. The number of nitrogens with one attached hydrogen (secondary N) is 1. The van der Waals surface area contributed by atoms with E-state index in [1.54, 1.807) is 5.51 Å². The molecule has 0 spiro atoms. The van der Waals surface area contributed by atoms with Crippen molar-refractivity contribution < 1.29 is 0 Å². The Kier molecular flexibility index (Phi) is 4.57. The van der Waals surface area contributed by atoms with E-state index in [-0.39, 0.29) is 0 Å². The van der Waals surface area contributed by atoms with Crippen molar-refractivity contribution in [1.82, 2.24) is 20.2 Å². The molecule has 8 heteroatoms. The largest absolute Gasteiger partial charge is 0.370 e. The minimum absolute atomic E-state index is 0.760. The summed E-state index contributed by atoms with van der Waals surface area (Å²) in [5.41, 5.74) is 1.71. The molecule has 2 rings (SSSR count). The highest BCUT2D eigenvalue weighted by Crippen LogP contribution is 2.29. The zero-order valence-corrected chi connectivity index (χ0v) is 11.8. The molecule has 0 atom stereocenters. The van der Waals surface area contributed by atoms with E-state index >= 15 is 0 Å². The van der Waals surface area contributed by atoms with Crippen LogP contribution in [0.25, 0.3) is 0 Å². The van der Waals surface area contributed by atoms with Gasteiger partial charge in [-0.1, -0.05) is 23.1 Å². The van der Waals surface area contributed by atoms with Gasteiger partial charge in [0, 0.05) is 12.6 Å². The molecular weight excluding hydrogens is 274 g/mol. The van der Waals surface area contributed by atoms with E-state index in [4.69, 9.17) is 0 Å². The van der Waals surface area contributed by atoms with E-state index in [1.165, 1.54) is 34.9 Å². The molecule has 2 aromatic rings. The molecule has 0 saturated carbocycles. The molecule has 0 fully saturated rings. The lowest BCUT2D eigenvalue weighted by Gasteiger charge is -2.05. The van der Waals surface area contributed by atoms with E-state index in [9.17, 15) is 0 Å². The van der Waals surface area contributed by atoms with Gasteiger partial charge in [-0.25, -0.2) is 9.97 Å². The Bertz CT molecular complexity index is 473. The number of nitrogens with zero attached hydrogens (tertiary/aromatic N) is 4. The van der Waals surface area contributed by atoms with Gasteiger partial charge in [0.15, 0.2) is 9.50 Å². The van der Waals surface area contributed by atoms with E-state index in [2.05, 4.69) is 25.5 Å². The molecule has 1 N–H and O–H groups in total. The van der Waals surface area contributed by atoms with E-state index in [0.717, 1.165) is 26.9 Å². The van der Waals surface area contributed by atoms with Crippen LogP contribution in [0.4, 0.5) is 5.82 Å². The molecular formula is C9H11N5S3. The molecule has 0 aromatic carbocycles. The first-order chi connectivity index (χ1) is 8.31. The fourth-order valence-corrected chi connectivity index (χ4v) is 2.98. The number of rotatable bonds is 5. The predicted octanol–water partition coefficient (Wildman–Crippen LogP) is 2.63. The lowest BCUT2D eigenvalue weighted by molar-refractivity contribution is 0.889. The topological polar surface area (TPSA) is 63.6 Å². The van der Waals surface area contributed by atoms with E-state index in [1.807, 2.05) is 19.2 Å². The quantitative estimate of drug-likeness (QED) is 0.514. The Morgan fingerprint density at radius 3 is 2.94 bits per heavy atom. The van der Waals surface area contributed by atoms with Crippen molar-refractivity contribution in [1.29, 1.82) is 0 Å². The number of aromatic nitrogens is 4. The SMILES string of the molecule is CCNc1cc(Sc2nncs2)nc(SC)n1. The minimum atomic E-state index is 0.760. The molecule has 5 nitrogen and oxygen atoms in total. The van der Waals surface area contributed by atoms with Gasteiger partial charge >= 0.3 is 0 Å². The van der Waals surface area contributed by atoms with Crippen LogP contribution in [0.2, 0.25) is 0 Å². The van der Waals surface area contributed by atoms with Crippen LogP contribution < -0.4 is 5.32 Å². The van der Waals surface area contributed by atoms with Gasteiger partial charge in [-0.15, -0.1) is 10.2 Å². The zero-order chi connectivity index (χ0) is 12.1. The molecule has 17 heavy (non-hydrogen) atoms. The van der Waals surface area contributed by atoms with Crippen molar-refractivity contribution >= 4 is 40.7 Å². The Morgan fingerprint density at radius 1 is 1.41 bits per heavy atom. The summed E-state index contributed by atoms with van der Waals surface area (Å²) < 4.78 is 0.887. The summed E-state index contributed by atoms with van der Waals surface area (Å²) in [6, 6.07) is 1.93. The summed E-state index contributed by atoms with van der Waals surface area (Å²) in [4.78, 5) is 8.79. The maximum atomic E-state index is 4.42. The standard InChI is InChI=1S/C9H11N5S3/c1-3-10-6-4-7(13-8(12-6)15-2)17-9-14-11-5-16-9/h4-5H,3H2,1-2H3,(H,10,12,13). The Balaban J connectivity index is 2.23. The molecule has 0 bridgehead atoms. The first-order valence-electron chi connectivity index (χ1n) is 4.92. The van der Waals surface area contributed by atoms with Crippen LogP contribution in [-0.2, 0) is 0 Å². The predicted molar refractivity (Wildman–Crippen MR) is 72.0 cm³/mol. The van der Waals surface area contributed by atoms with Crippen molar-refractivity contribution in [2.75, 3.05) is 18.1 Å². The fraction of sp³-hybridized carbons (Fsp3) is 0.333. The van der Waals surface area contributed by atoms with Crippen molar-refractivity contribution in [3.63, 3.8) is 0 Å². The molecule has 0 aliphatic rings. The van der Waals surface area contributed by atoms with Crippen LogP contribution in [0.15, 0.2) is 26.1 Å². The second kappa shape index (κ2) is 6.18. The fourth-order valence-electron chi connectivity index (χ4n) is 1.12. The van der Waals surface area contributed by atoms with Crippen molar-refractivity contribution in [3.8, 4) is 0 Å². The summed E-state index contributed by atoms with van der Waals surface area (Å²) in [6.07, 6.45) is 1.96. The van der Waals surface area contributed by atoms with Crippen LogP contribution in [0.1, 0.15) is 6.92 Å². The van der Waals surface area contributed by atoms with Crippen LogP contribution in [0, 0.1) is 0 Å². The second-order valence-corrected chi connectivity index (χ2v) is 5.79. The van der Waals surface area contributed by atoms with Crippen LogP contribution in [-0.4, -0.2) is 33.0 Å². The van der Waals surface area contributed by atoms with Gasteiger partial charge in [0.25, 0.3) is 0 Å². The molecule has 0 aliphatic carbocycles. The van der Waals surface area contributed by atoms with Gasteiger partial charge in [-0.05, 0) is 24.9 Å². The lowest BCUT2D eigenvalue weighted by Crippen LogP contribution is -2.01. The van der Waals surface area contributed by atoms with Gasteiger partial charge < -0.3 is 5.32 Å². The summed E-state index contributed by atoms with van der Waals surface area (Å²) in [5.74, 6) is 0.846. The number of anilines is 1. The number of hydrogen-bond donors (Lipinski definition) is 1. The molecule has 0 aliphatic heterocycles. The van der Waals surface area contributed by atoms with Gasteiger partial charge in [0.1, 0.15) is 16.4 Å². The molecule has 0 unspecified atom stereocenters. The molecule has 2 aromatic heterocycles. The highest BCUT2D eigenvalue weighted by molar-refractivity contribution is 8.01. The lowest BCUT2D eigenvalue weighted by atomic mass is 10.5. The first-order valence-corrected chi connectivity index (χ1v) is 7.85. The molecule has 2 heterocycles. The average molecular weight is 285 g/mol. The Morgan fingerprint density at radius 2 is 2.29 bits per heavy atom. The van der Waals surface area contributed by atoms with Gasteiger partial charge in [-0.3, -0.25) is 0 Å². The number of thioether (sulfide) groups is 1. The van der Waals surface area contributed by atoms with Crippen LogP contribution >= 0.6 is 34.9 Å². The highest BCUT2D eigenvalue weighted by Gasteiger charge is 2.07. The molecule has 0 saturated heterocycles. The summed E-state index contributed by atoms with van der Waals surface area (Å²) in [5, 5.41) is 12.6. The third kappa shape index (κ3) is 3.55. The number of hydrogen-bond acceptors (Lipinski definition) is 8. The van der Waals surface area contributed by atoms with Crippen LogP contribution in [0.3, 0.4) is 0 Å². The zero-order valence-electron chi connectivity index (χ0n) is 9.38. The monoisotopic (exact) mass is 285 g/mol. The summed E-state index contributed by atoms with van der Waals surface area (Å²) in [7, 11) is 0. The Labute approximate surface area is 112 Å². The maximum absolute atomic E-state index is 4.42. The van der Waals surface area contributed by atoms with E-state index in [0.29, 0.717) is 0 Å². The summed E-state index contributed by atoms with van der Waals surface area (Å²) in [6.45, 7) is 2.88. The van der Waals surface area contributed by atoms with E-state index < -0.39 is 0 Å². The van der Waals surface area contributed by atoms with Crippen molar-refractivity contribution in [2.24, 2.45) is 0 Å². The molecule has 0 amide bonds. The van der Waals surface area contributed by atoms with Gasteiger partial charge in [-0.2, -0.15) is 0 Å².